The molecule has 1 aliphatic heterocycles. The van der Waals surface area contributed by atoms with Crippen LogP contribution in [0.3, 0.4) is 0 Å². The van der Waals surface area contributed by atoms with Gasteiger partial charge >= 0.3 is 5.97 Å². The Morgan fingerprint density at radius 3 is 2.55 bits per heavy atom. The molecule has 3 unspecified atom stereocenters. The maximum absolute atomic E-state index is 11.7. The van der Waals surface area contributed by atoms with Crippen LogP contribution in [-0.4, -0.2) is 67.7 Å². The molecule has 3 atom stereocenters. The van der Waals surface area contributed by atoms with Gasteiger partial charge in [0.2, 0.25) is 0 Å². The van der Waals surface area contributed by atoms with Gasteiger partial charge in [0.1, 0.15) is 0 Å². The zero-order valence-corrected chi connectivity index (χ0v) is 12.6. The maximum Gasteiger partial charge on any atom is 0.317 e. The van der Waals surface area contributed by atoms with Crippen molar-refractivity contribution in [2.75, 3.05) is 25.2 Å². The molecular formula is C13H23NO5S. The van der Waals surface area contributed by atoms with Crippen molar-refractivity contribution < 1.29 is 23.1 Å². The van der Waals surface area contributed by atoms with Crippen LogP contribution in [0.2, 0.25) is 0 Å². The molecule has 1 aliphatic carbocycles. The number of carboxylic acid groups (broad SMARTS) is 1. The van der Waals surface area contributed by atoms with Gasteiger partial charge in [-0.3, -0.25) is 9.69 Å². The Labute approximate surface area is 120 Å². The number of rotatable bonds is 5. The largest absolute Gasteiger partial charge is 0.480 e. The van der Waals surface area contributed by atoms with E-state index in [1.807, 2.05) is 4.90 Å². The molecule has 2 fully saturated rings. The van der Waals surface area contributed by atoms with Crippen molar-refractivity contribution in [3.63, 3.8) is 0 Å². The van der Waals surface area contributed by atoms with Gasteiger partial charge in [-0.1, -0.05) is 12.8 Å². The number of hydrogen-bond donors (Lipinski definition) is 1. The van der Waals surface area contributed by atoms with Crippen LogP contribution in [0.4, 0.5) is 0 Å². The molecule has 0 aromatic carbocycles. The Kier molecular flexibility index (Phi) is 5.04. The van der Waals surface area contributed by atoms with Crippen molar-refractivity contribution in [2.45, 2.75) is 50.3 Å². The van der Waals surface area contributed by atoms with E-state index in [2.05, 4.69) is 0 Å². The van der Waals surface area contributed by atoms with Crippen LogP contribution in [0.15, 0.2) is 0 Å². The SMILES string of the molecule is COC1CCCCC1N(CC(=O)O)C1CCS(=O)(=O)C1. The van der Waals surface area contributed by atoms with Gasteiger partial charge in [0.25, 0.3) is 0 Å². The summed E-state index contributed by atoms with van der Waals surface area (Å²) in [5.41, 5.74) is 0. The van der Waals surface area contributed by atoms with Crippen LogP contribution in [0.1, 0.15) is 32.1 Å². The van der Waals surface area contributed by atoms with E-state index in [1.165, 1.54) is 0 Å². The molecule has 0 amide bonds. The fourth-order valence-corrected chi connectivity index (χ4v) is 5.18. The molecule has 2 rings (SSSR count). The highest BCUT2D eigenvalue weighted by Gasteiger charge is 2.40. The molecule has 1 saturated carbocycles. The summed E-state index contributed by atoms with van der Waals surface area (Å²) in [5.74, 6) is -0.666. The quantitative estimate of drug-likeness (QED) is 0.797. The topological polar surface area (TPSA) is 83.9 Å². The number of ether oxygens (including phenoxy) is 1. The van der Waals surface area contributed by atoms with Crippen molar-refractivity contribution in [1.29, 1.82) is 0 Å². The lowest BCUT2D eigenvalue weighted by atomic mass is 9.90. The first-order valence-electron chi connectivity index (χ1n) is 7.13. The van der Waals surface area contributed by atoms with Gasteiger partial charge in [0, 0.05) is 19.2 Å². The standard InChI is InChI=1S/C13H23NO5S/c1-19-12-5-3-2-4-11(12)14(8-13(15)16)10-6-7-20(17,18)9-10/h10-12H,2-9H2,1H3,(H,15,16). The number of aliphatic carboxylic acids is 1. The van der Waals surface area contributed by atoms with Gasteiger partial charge in [0.15, 0.2) is 9.84 Å². The van der Waals surface area contributed by atoms with Crippen LogP contribution in [-0.2, 0) is 19.4 Å². The number of carbonyl (C=O) groups is 1. The molecule has 0 bridgehead atoms. The number of nitrogens with zero attached hydrogens (tertiary/aromatic N) is 1. The number of hydrogen-bond acceptors (Lipinski definition) is 5. The van der Waals surface area contributed by atoms with Crippen molar-refractivity contribution >= 4 is 15.8 Å². The predicted octanol–water partition coefficient (Wildman–Crippen LogP) is 0.518. The third-order valence-corrected chi connectivity index (χ3v) is 6.14. The van der Waals surface area contributed by atoms with E-state index in [1.54, 1.807) is 7.11 Å². The second-order valence-electron chi connectivity index (χ2n) is 5.75. The second kappa shape index (κ2) is 6.41. The molecule has 2 aliphatic rings. The van der Waals surface area contributed by atoms with Crippen molar-refractivity contribution in [3.8, 4) is 0 Å². The van der Waals surface area contributed by atoms with E-state index in [4.69, 9.17) is 9.84 Å². The predicted molar refractivity (Wildman–Crippen MR) is 74.5 cm³/mol. The Morgan fingerprint density at radius 2 is 2.00 bits per heavy atom. The molecular weight excluding hydrogens is 282 g/mol. The second-order valence-corrected chi connectivity index (χ2v) is 7.98. The summed E-state index contributed by atoms with van der Waals surface area (Å²) in [6, 6.07) is -0.167. The normalized spacial score (nSPS) is 33.4. The van der Waals surface area contributed by atoms with Gasteiger partial charge in [-0.25, -0.2) is 8.42 Å². The molecule has 7 heteroatoms. The highest BCUT2D eigenvalue weighted by Crippen LogP contribution is 2.29. The highest BCUT2D eigenvalue weighted by atomic mass is 32.2. The van der Waals surface area contributed by atoms with Gasteiger partial charge in [-0.2, -0.15) is 0 Å². The third-order valence-electron chi connectivity index (χ3n) is 4.39. The molecule has 20 heavy (non-hydrogen) atoms. The zero-order valence-electron chi connectivity index (χ0n) is 11.8. The van der Waals surface area contributed by atoms with Crippen molar-refractivity contribution in [1.82, 2.24) is 4.90 Å². The average Bonchev–Trinajstić information content (AvgIpc) is 2.76. The van der Waals surface area contributed by atoms with Crippen molar-refractivity contribution in [3.05, 3.63) is 0 Å². The number of methoxy groups -OCH3 is 1. The van der Waals surface area contributed by atoms with Crippen LogP contribution < -0.4 is 0 Å². The molecule has 1 heterocycles. The molecule has 6 nitrogen and oxygen atoms in total. The third kappa shape index (κ3) is 3.71. The van der Waals surface area contributed by atoms with Crippen LogP contribution in [0.25, 0.3) is 0 Å². The Balaban J connectivity index is 2.16. The molecule has 1 N–H and O–H groups in total. The van der Waals surface area contributed by atoms with E-state index in [0.29, 0.717) is 6.42 Å². The van der Waals surface area contributed by atoms with Gasteiger partial charge in [-0.15, -0.1) is 0 Å². The molecule has 0 spiro atoms. The van der Waals surface area contributed by atoms with Gasteiger partial charge < -0.3 is 9.84 Å². The van der Waals surface area contributed by atoms with E-state index in [-0.39, 0.29) is 36.2 Å². The summed E-state index contributed by atoms with van der Waals surface area (Å²) in [6.45, 7) is -0.106. The summed E-state index contributed by atoms with van der Waals surface area (Å²) in [5, 5.41) is 9.13. The Morgan fingerprint density at radius 1 is 1.30 bits per heavy atom. The fraction of sp³-hybridized carbons (Fsp3) is 0.923. The Hall–Kier alpha value is -0.660. The number of sulfone groups is 1. The first kappa shape index (κ1) is 15.7. The first-order valence-corrected chi connectivity index (χ1v) is 8.96. The summed E-state index contributed by atoms with van der Waals surface area (Å²) in [4.78, 5) is 13.0. The van der Waals surface area contributed by atoms with Gasteiger partial charge in [0.05, 0.1) is 24.2 Å². The summed E-state index contributed by atoms with van der Waals surface area (Å²) < 4.78 is 28.8. The van der Waals surface area contributed by atoms with Crippen LogP contribution >= 0.6 is 0 Å². The molecule has 0 radical (unpaired) electrons. The van der Waals surface area contributed by atoms with Crippen molar-refractivity contribution in [2.24, 2.45) is 0 Å². The fourth-order valence-electron chi connectivity index (χ4n) is 3.44. The average molecular weight is 305 g/mol. The van der Waals surface area contributed by atoms with E-state index in [9.17, 15) is 13.2 Å². The minimum Gasteiger partial charge on any atom is -0.480 e. The highest BCUT2D eigenvalue weighted by molar-refractivity contribution is 7.91. The minimum absolute atomic E-state index is 0.00593. The molecule has 0 aromatic heterocycles. The van der Waals surface area contributed by atoms with E-state index in [0.717, 1.165) is 25.7 Å². The summed E-state index contributed by atoms with van der Waals surface area (Å²) in [6.07, 6.45) is 4.45. The first-order chi connectivity index (χ1) is 9.43. The summed E-state index contributed by atoms with van der Waals surface area (Å²) in [7, 11) is -1.37. The lowest BCUT2D eigenvalue weighted by Gasteiger charge is -2.41. The Bertz CT molecular complexity index is 450. The van der Waals surface area contributed by atoms with E-state index >= 15 is 0 Å². The molecule has 116 valence electrons. The zero-order chi connectivity index (χ0) is 14.8. The maximum atomic E-state index is 11.7. The summed E-state index contributed by atoms with van der Waals surface area (Å²) >= 11 is 0. The minimum atomic E-state index is -3.01. The monoisotopic (exact) mass is 305 g/mol. The smallest absolute Gasteiger partial charge is 0.317 e. The molecule has 1 saturated heterocycles. The van der Waals surface area contributed by atoms with Crippen LogP contribution in [0, 0.1) is 0 Å². The van der Waals surface area contributed by atoms with Crippen LogP contribution in [0.5, 0.6) is 0 Å². The molecule has 0 aromatic rings. The lowest BCUT2D eigenvalue weighted by Crippen LogP contribution is -2.53. The lowest BCUT2D eigenvalue weighted by molar-refractivity contribution is -0.141. The van der Waals surface area contributed by atoms with Gasteiger partial charge in [-0.05, 0) is 19.3 Å². The number of carboxylic acids is 1. The van der Waals surface area contributed by atoms with E-state index < -0.39 is 15.8 Å².